The maximum Gasteiger partial charge on any atom is 0.261 e. The van der Waals surface area contributed by atoms with Crippen LogP contribution in [0.5, 0.6) is 5.75 Å². The number of carbonyl (C=O) groups is 2. The molecule has 7 heteroatoms. The molecule has 2 aliphatic rings. The number of hydrogen-bond acceptors (Lipinski definition) is 4. The summed E-state index contributed by atoms with van der Waals surface area (Å²) >= 11 is 0. The molecular weight excluding hydrogens is 454 g/mol. The number of benzene rings is 3. The summed E-state index contributed by atoms with van der Waals surface area (Å²) < 4.78 is 7.21. The molecule has 1 aromatic heterocycles. The minimum absolute atomic E-state index is 0.111. The van der Waals surface area contributed by atoms with Crippen LogP contribution in [0.1, 0.15) is 44.8 Å². The van der Waals surface area contributed by atoms with Crippen molar-refractivity contribution in [3.05, 3.63) is 99.3 Å². The topological polar surface area (TPSA) is 80.6 Å². The summed E-state index contributed by atoms with van der Waals surface area (Å²) in [5, 5.41) is 3.45. The zero-order valence-electron chi connectivity index (χ0n) is 20.1. The van der Waals surface area contributed by atoms with Gasteiger partial charge in [0, 0.05) is 41.1 Å². The van der Waals surface area contributed by atoms with Crippen molar-refractivity contribution in [2.24, 2.45) is 0 Å². The maximum absolute atomic E-state index is 13.3. The molecule has 2 aliphatic heterocycles. The molecule has 36 heavy (non-hydrogen) atoms. The number of ether oxygens (including phenoxy) is 1. The molecule has 1 N–H and O–H groups in total. The van der Waals surface area contributed by atoms with E-state index in [1.54, 1.807) is 54.6 Å². The molecular formula is C29H25N3O4. The van der Waals surface area contributed by atoms with Crippen LogP contribution in [0, 0.1) is 0 Å². The van der Waals surface area contributed by atoms with Crippen LogP contribution in [-0.4, -0.2) is 30.0 Å². The van der Waals surface area contributed by atoms with Crippen molar-refractivity contribution in [2.75, 3.05) is 23.9 Å². The largest absolute Gasteiger partial charge is 0.497 e. The normalized spacial score (nSPS) is 15.7. The van der Waals surface area contributed by atoms with E-state index in [9.17, 15) is 14.4 Å². The van der Waals surface area contributed by atoms with Crippen molar-refractivity contribution in [1.82, 2.24) is 4.57 Å². The first-order chi connectivity index (χ1) is 17.4. The van der Waals surface area contributed by atoms with Gasteiger partial charge in [-0.15, -0.1) is 0 Å². The van der Waals surface area contributed by atoms with E-state index in [1.165, 1.54) is 0 Å². The standard InChI is InChI=1S/C29H25N3O4/c1-17-14-20-4-3-5-23-26(20)32(17)16-24(27(23)33)28(34)30-21-9-6-18-12-13-31(25(18)15-21)29(35)19-7-10-22(36-2)11-8-19/h3-11,15-17H,12-14H2,1-2H3,(H,30,34)/t17-/m0/s1. The van der Waals surface area contributed by atoms with Crippen molar-refractivity contribution in [1.29, 1.82) is 0 Å². The van der Waals surface area contributed by atoms with E-state index >= 15 is 0 Å². The quantitative estimate of drug-likeness (QED) is 0.465. The number of nitrogens with one attached hydrogen (secondary N) is 1. The molecule has 6 rings (SSSR count). The van der Waals surface area contributed by atoms with Crippen LogP contribution in [0.2, 0.25) is 0 Å². The maximum atomic E-state index is 13.3. The van der Waals surface area contributed by atoms with Gasteiger partial charge in [0.25, 0.3) is 11.8 Å². The van der Waals surface area contributed by atoms with Crippen LogP contribution in [0.3, 0.4) is 0 Å². The summed E-state index contributed by atoms with van der Waals surface area (Å²) in [6.07, 6.45) is 3.25. The number of amides is 2. The number of fused-ring (bicyclic) bond motifs is 1. The molecule has 0 aliphatic carbocycles. The van der Waals surface area contributed by atoms with Crippen LogP contribution in [0.15, 0.2) is 71.7 Å². The second-order valence-electron chi connectivity index (χ2n) is 9.38. The van der Waals surface area contributed by atoms with Crippen LogP contribution >= 0.6 is 0 Å². The Balaban J connectivity index is 1.30. The lowest BCUT2D eigenvalue weighted by Crippen LogP contribution is -2.29. The van der Waals surface area contributed by atoms with Crippen LogP contribution in [-0.2, 0) is 12.8 Å². The number of para-hydroxylation sites is 1. The smallest absolute Gasteiger partial charge is 0.261 e. The van der Waals surface area contributed by atoms with Gasteiger partial charge >= 0.3 is 0 Å². The average Bonchev–Trinajstić information content (AvgIpc) is 3.46. The summed E-state index contributed by atoms with van der Waals surface area (Å²) in [7, 11) is 1.59. The number of rotatable bonds is 4. The van der Waals surface area contributed by atoms with Crippen molar-refractivity contribution in [3.8, 4) is 5.75 Å². The number of nitrogens with zero attached hydrogens (tertiary/aromatic N) is 2. The SMILES string of the molecule is COc1ccc(C(=O)N2CCc3ccc(NC(=O)c4cn5c6c(cccc6c4=O)C[C@@H]5C)cc32)cc1. The minimum Gasteiger partial charge on any atom is -0.497 e. The highest BCUT2D eigenvalue weighted by Gasteiger charge is 2.27. The summed E-state index contributed by atoms with van der Waals surface area (Å²) in [6.45, 7) is 2.65. The Morgan fingerprint density at radius 1 is 1.03 bits per heavy atom. The van der Waals surface area contributed by atoms with E-state index in [4.69, 9.17) is 4.74 Å². The Morgan fingerprint density at radius 3 is 2.61 bits per heavy atom. The number of methoxy groups -OCH3 is 1. The molecule has 0 unspecified atom stereocenters. The fourth-order valence-corrected chi connectivity index (χ4v) is 5.33. The van der Waals surface area contributed by atoms with Crippen molar-refractivity contribution in [2.45, 2.75) is 25.8 Å². The third-order valence-electron chi connectivity index (χ3n) is 7.19. The van der Waals surface area contributed by atoms with E-state index in [0.717, 1.165) is 35.2 Å². The first-order valence-corrected chi connectivity index (χ1v) is 12.0. The number of anilines is 2. The van der Waals surface area contributed by atoms with Crippen LogP contribution in [0.4, 0.5) is 11.4 Å². The van der Waals surface area contributed by atoms with E-state index < -0.39 is 5.91 Å². The van der Waals surface area contributed by atoms with Gasteiger partial charge in [-0.25, -0.2) is 0 Å². The Hall–Kier alpha value is -4.39. The van der Waals surface area contributed by atoms with Gasteiger partial charge in [0.15, 0.2) is 0 Å². The Morgan fingerprint density at radius 2 is 1.83 bits per heavy atom. The third kappa shape index (κ3) is 3.47. The van der Waals surface area contributed by atoms with Crippen molar-refractivity contribution < 1.29 is 14.3 Å². The van der Waals surface area contributed by atoms with Gasteiger partial charge < -0.3 is 19.5 Å². The first-order valence-electron chi connectivity index (χ1n) is 12.0. The average molecular weight is 480 g/mol. The van der Waals surface area contributed by atoms with E-state index in [2.05, 4.69) is 12.2 Å². The van der Waals surface area contributed by atoms with Gasteiger partial charge in [-0.3, -0.25) is 14.4 Å². The predicted octanol–water partition coefficient (Wildman–Crippen LogP) is 4.58. The third-order valence-corrected chi connectivity index (χ3v) is 7.19. The van der Waals surface area contributed by atoms with E-state index in [1.807, 2.05) is 28.8 Å². The van der Waals surface area contributed by atoms with Crippen molar-refractivity contribution >= 4 is 34.1 Å². The molecule has 1 atom stereocenters. The second-order valence-corrected chi connectivity index (χ2v) is 9.38. The molecule has 0 spiro atoms. The summed E-state index contributed by atoms with van der Waals surface area (Å²) in [5.41, 5.74) is 4.79. The van der Waals surface area contributed by atoms with Crippen LogP contribution in [0.25, 0.3) is 10.9 Å². The highest BCUT2D eigenvalue weighted by atomic mass is 16.5. The lowest BCUT2D eigenvalue weighted by molar-refractivity contribution is 0.0988. The first kappa shape index (κ1) is 22.1. The van der Waals surface area contributed by atoms with Gasteiger partial charge in [-0.05, 0) is 73.4 Å². The highest BCUT2D eigenvalue weighted by Crippen LogP contribution is 2.33. The molecule has 2 amide bonds. The van der Waals surface area contributed by atoms with E-state index in [0.29, 0.717) is 28.9 Å². The second kappa shape index (κ2) is 8.37. The molecule has 3 aromatic carbocycles. The molecule has 0 saturated carbocycles. The molecule has 0 bridgehead atoms. The molecule has 7 nitrogen and oxygen atoms in total. The lowest BCUT2D eigenvalue weighted by Gasteiger charge is -2.18. The summed E-state index contributed by atoms with van der Waals surface area (Å²) in [5.74, 6) is 0.119. The number of pyridine rings is 1. The molecule has 0 fully saturated rings. The van der Waals surface area contributed by atoms with Gasteiger partial charge in [0.1, 0.15) is 11.3 Å². The highest BCUT2D eigenvalue weighted by molar-refractivity contribution is 6.09. The number of aromatic nitrogens is 1. The summed E-state index contributed by atoms with van der Waals surface area (Å²) in [6, 6.07) is 18.4. The summed E-state index contributed by atoms with van der Waals surface area (Å²) in [4.78, 5) is 41.4. The fourth-order valence-electron chi connectivity index (χ4n) is 5.33. The Bertz CT molecular complexity index is 1600. The molecule has 3 heterocycles. The van der Waals surface area contributed by atoms with Gasteiger partial charge in [-0.2, -0.15) is 0 Å². The molecule has 0 saturated heterocycles. The Labute approximate surface area is 207 Å². The van der Waals surface area contributed by atoms with Gasteiger partial charge in [-0.1, -0.05) is 18.2 Å². The number of hydrogen-bond donors (Lipinski definition) is 1. The van der Waals surface area contributed by atoms with Gasteiger partial charge in [0.05, 0.1) is 12.6 Å². The zero-order valence-corrected chi connectivity index (χ0v) is 20.1. The fraction of sp³-hybridized carbons (Fsp3) is 0.207. The predicted molar refractivity (Wildman–Crippen MR) is 139 cm³/mol. The lowest BCUT2D eigenvalue weighted by atomic mass is 10.1. The van der Waals surface area contributed by atoms with Crippen LogP contribution < -0.4 is 20.4 Å². The zero-order chi connectivity index (χ0) is 25.0. The van der Waals surface area contributed by atoms with Crippen molar-refractivity contribution in [3.63, 3.8) is 0 Å². The van der Waals surface area contributed by atoms with Gasteiger partial charge in [0.2, 0.25) is 5.43 Å². The van der Waals surface area contributed by atoms with E-state index in [-0.39, 0.29) is 22.9 Å². The molecule has 4 aromatic rings. The number of carbonyl (C=O) groups excluding carboxylic acids is 2. The Kier molecular flexibility index (Phi) is 5.14. The molecule has 180 valence electrons. The minimum atomic E-state index is -0.457. The monoisotopic (exact) mass is 479 g/mol. The molecule has 0 radical (unpaired) electrons.